The summed E-state index contributed by atoms with van der Waals surface area (Å²) in [6.07, 6.45) is 1.72. The second-order valence-electron chi connectivity index (χ2n) is 21.9. The Kier molecular flexibility index (Phi) is 11.6. The molecule has 12 aromatic carbocycles. The second-order valence-corrected chi connectivity index (χ2v) is 21.9. The van der Waals surface area contributed by atoms with Gasteiger partial charge in [0.05, 0.1) is 10.8 Å². The number of phenols is 1. The standard InChI is InChI=1S/C77H61NO/c1-5-51-48-72(74(50(3)4)65-35-15-13-30-60(51)65)77(73-49-52(6-2)61-31-14-16-36-66(61)75(73)79)70-39-22-19-34-64(70)67-47-54(40-45-71(67)77)53-24-23-29-59(46-53)78(57-27-11-8-12-28-57)58-43-41-56(42-44-58)76(55-25-9-7-10-26-55)68-37-20-17-32-62(68)63-33-18-21-38-69(63)76/h7-50,79H,5-6H2,1-4H3. The number of hydrogen-bond donors (Lipinski definition) is 1. The van der Waals surface area contributed by atoms with Crippen LogP contribution < -0.4 is 4.90 Å². The van der Waals surface area contributed by atoms with Crippen molar-refractivity contribution in [1.82, 2.24) is 0 Å². The van der Waals surface area contributed by atoms with Crippen molar-refractivity contribution in [2.75, 3.05) is 4.90 Å². The van der Waals surface area contributed by atoms with Gasteiger partial charge in [-0.15, -0.1) is 0 Å². The smallest absolute Gasteiger partial charge is 0.128 e. The quantitative estimate of drug-likeness (QED) is 0.140. The van der Waals surface area contributed by atoms with E-state index in [0.29, 0.717) is 5.75 Å². The highest BCUT2D eigenvalue weighted by atomic mass is 16.3. The van der Waals surface area contributed by atoms with E-state index in [0.717, 1.165) is 57.4 Å². The van der Waals surface area contributed by atoms with Crippen LogP contribution in [-0.4, -0.2) is 5.11 Å². The van der Waals surface area contributed by atoms with Gasteiger partial charge >= 0.3 is 0 Å². The van der Waals surface area contributed by atoms with Crippen molar-refractivity contribution in [3.63, 3.8) is 0 Å². The summed E-state index contributed by atoms with van der Waals surface area (Å²) in [5.74, 6) is 0.536. The molecular weight excluding hydrogens is 955 g/mol. The molecule has 0 saturated heterocycles. The van der Waals surface area contributed by atoms with Gasteiger partial charge in [0.25, 0.3) is 0 Å². The first-order valence-electron chi connectivity index (χ1n) is 28.2. The number of anilines is 3. The van der Waals surface area contributed by atoms with E-state index in [4.69, 9.17) is 0 Å². The van der Waals surface area contributed by atoms with Crippen molar-refractivity contribution >= 4 is 38.6 Å². The van der Waals surface area contributed by atoms with Crippen LogP contribution >= 0.6 is 0 Å². The molecular formula is C77H61NO. The summed E-state index contributed by atoms with van der Waals surface area (Å²) in [6.45, 7) is 9.18. The first-order chi connectivity index (χ1) is 38.9. The number of nitrogens with zero attached hydrogens (tertiary/aromatic N) is 1. The second kappa shape index (κ2) is 19.0. The van der Waals surface area contributed by atoms with E-state index in [1.54, 1.807) is 0 Å². The molecule has 1 atom stereocenters. The van der Waals surface area contributed by atoms with Gasteiger partial charge in [-0.25, -0.2) is 0 Å². The number of fused-ring (bicyclic) bond motifs is 8. The SMILES string of the molecule is CCc1cc(C2(c3cc(CC)c4ccccc4c3C(C)C)c3ccccc3-c3cc(-c4cccc(N(c5ccccc5)c5ccc(C6(c7ccccc7)c7ccccc7-c7ccccc76)cc5)c4)ccc32)c(O)c2ccccc12. The monoisotopic (exact) mass is 1020 g/mol. The minimum absolute atomic E-state index is 0.194. The molecule has 2 aliphatic rings. The van der Waals surface area contributed by atoms with Gasteiger partial charge in [-0.05, 0) is 172 Å². The molecule has 0 aromatic heterocycles. The van der Waals surface area contributed by atoms with Gasteiger partial charge in [-0.2, -0.15) is 0 Å². The lowest BCUT2D eigenvalue weighted by atomic mass is 9.63. The zero-order valence-corrected chi connectivity index (χ0v) is 45.2. The molecule has 1 unspecified atom stereocenters. The number of hydrogen-bond acceptors (Lipinski definition) is 2. The number of para-hydroxylation sites is 1. The zero-order chi connectivity index (χ0) is 53.4. The van der Waals surface area contributed by atoms with Gasteiger partial charge in [0, 0.05) is 28.0 Å². The molecule has 0 spiro atoms. The van der Waals surface area contributed by atoms with Gasteiger partial charge in [-0.1, -0.05) is 240 Å². The molecule has 0 saturated carbocycles. The molecule has 0 bridgehead atoms. The normalized spacial score (nSPS) is 14.7. The van der Waals surface area contributed by atoms with Crippen molar-refractivity contribution in [2.24, 2.45) is 0 Å². The maximum Gasteiger partial charge on any atom is 0.128 e. The molecule has 0 amide bonds. The molecule has 0 aliphatic heterocycles. The molecule has 2 aliphatic carbocycles. The molecule has 79 heavy (non-hydrogen) atoms. The third-order valence-electron chi connectivity index (χ3n) is 17.6. The predicted octanol–water partition coefficient (Wildman–Crippen LogP) is 19.8. The minimum atomic E-state index is -0.837. The maximum atomic E-state index is 13.1. The molecule has 0 radical (unpaired) electrons. The lowest BCUT2D eigenvalue weighted by molar-refractivity contribution is 0.467. The van der Waals surface area contributed by atoms with Gasteiger partial charge < -0.3 is 10.0 Å². The number of aromatic hydroxyl groups is 1. The third kappa shape index (κ3) is 7.17. The fraction of sp³-hybridized carbons (Fsp3) is 0.117. The molecule has 2 heteroatoms. The fourth-order valence-electron chi connectivity index (χ4n) is 14.3. The van der Waals surface area contributed by atoms with E-state index >= 15 is 0 Å². The van der Waals surface area contributed by atoms with Crippen LogP contribution in [0.3, 0.4) is 0 Å². The van der Waals surface area contributed by atoms with Crippen molar-refractivity contribution in [2.45, 2.75) is 57.3 Å². The van der Waals surface area contributed by atoms with Crippen LogP contribution in [0.25, 0.3) is 54.9 Å². The maximum absolute atomic E-state index is 13.1. The number of phenolic OH excluding ortho intramolecular Hbond substituents is 1. The molecule has 0 heterocycles. The molecule has 14 rings (SSSR count). The van der Waals surface area contributed by atoms with Crippen molar-refractivity contribution < 1.29 is 5.11 Å². The van der Waals surface area contributed by atoms with Crippen LogP contribution in [0.1, 0.15) is 94.8 Å². The van der Waals surface area contributed by atoms with Crippen molar-refractivity contribution in [3.05, 3.63) is 322 Å². The third-order valence-corrected chi connectivity index (χ3v) is 17.6. The largest absolute Gasteiger partial charge is 0.507 e. The van der Waals surface area contributed by atoms with E-state index in [1.165, 1.54) is 88.7 Å². The van der Waals surface area contributed by atoms with E-state index in [-0.39, 0.29) is 5.92 Å². The summed E-state index contributed by atoms with van der Waals surface area (Å²) in [6, 6.07) is 96.4. The first-order valence-corrected chi connectivity index (χ1v) is 28.2. The molecule has 12 aromatic rings. The Morgan fingerprint density at radius 1 is 0.342 bits per heavy atom. The number of rotatable bonds is 11. The Balaban J connectivity index is 0.951. The van der Waals surface area contributed by atoms with Crippen LogP contribution in [0.4, 0.5) is 17.1 Å². The topological polar surface area (TPSA) is 23.5 Å². The first kappa shape index (κ1) is 48.2. The van der Waals surface area contributed by atoms with Crippen molar-refractivity contribution in [3.8, 4) is 39.1 Å². The summed E-state index contributed by atoms with van der Waals surface area (Å²) in [5.41, 5.74) is 22.6. The summed E-state index contributed by atoms with van der Waals surface area (Å²) in [5, 5.41) is 17.7. The van der Waals surface area contributed by atoms with E-state index < -0.39 is 10.8 Å². The van der Waals surface area contributed by atoms with Crippen LogP contribution in [0.15, 0.2) is 261 Å². The number of benzene rings is 12. The summed E-state index contributed by atoms with van der Waals surface area (Å²) >= 11 is 0. The Morgan fingerprint density at radius 2 is 0.797 bits per heavy atom. The van der Waals surface area contributed by atoms with Gasteiger partial charge in [0.1, 0.15) is 5.75 Å². The van der Waals surface area contributed by atoms with Crippen molar-refractivity contribution in [1.29, 1.82) is 0 Å². The minimum Gasteiger partial charge on any atom is -0.507 e. The summed E-state index contributed by atoms with van der Waals surface area (Å²) in [4.78, 5) is 2.39. The fourth-order valence-corrected chi connectivity index (χ4v) is 14.3. The number of aryl methyl sites for hydroxylation is 2. The van der Waals surface area contributed by atoms with E-state index in [2.05, 4.69) is 293 Å². The van der Waals surface area contributed by atoms with Gasteiger partial charge in [-0.3, -0.25) is 0 Å². The predicted molar refractivity (Wildman–Crippen MR) is 331 cm³/mol. The highest BCUT2D eigenvalue weighted by Gasteiger charge is 2.50. The molecule has 1 N–H and O–H groups in total. The Hall–Kier alpha value is -9.24. The van der Waals surface area contributed by atoms with E-state index in [1.807, 2.05) is 0 Å². The van der Waals surface area contributed by atoms with Crippen LogP contribution in [0.2, 0.25) is 0 Å². The van der Waals surface area contributed by atoms with Gasteiger partial charge in [0.2, 0.25) is 0 Å². The highest BCUT2D eigenvalue weighted by Crippen LogP contribution is 2.62. The van der Waals surface area contributed by atoms with Crippen LogP contribution in [0, 0.1) is 0 Å². The summed E-state index contributed by atoms with van der Waals surface area (Å²) in [7, 11) is 0. The summed E-state index contributed by atoms with van der Waals surface area (Å²) < 4.78 is 0. The molecule has 380 valence electrons. The Bertz CT molecular complexity index is 4280. The average molecular weight is 1020 g/mol. The molecule has 2 nitrogen and oxygen atoms in total. The van der Waals surface area contributed by atoms with Crippen LogP contribution in [0.5, 0.6) is 5.75 Å². The lowest BCUT2D eigenvalue weighted by Gasteiger charge is -2.38. The lowest BCUT2D eigenvalue weighted by Crippen LogP contribution is -2.31. The van der Waals surface area contributed by atoms with E-state index in [9.17, 15) is 5.11 Å². The van der Waals surface area contributed by atoms with Gasteiger partial charge in [0.15, 0.2) is 0 Å². The van der Waals surface area contributed by atoms with Crippen LogP contribution in [-0.2, 0) is 23.7 Å². The highest BCUT2D eigenvalue weighted by molar-refractivity contribution is 5.99. The Labute approximate surface area is 464 Å². The molecule has 0 fully saturated rings. The average Bonchev–Trinajstić information content (AvgIpc) is 4.11. The zero-order valence-electron chi connectivity index (χ0n) is 45.2. The Morgan fingerprint density at radius 3 is 1.42 bits per heavy atom.